The van der Waals surface area contributed by atoms with Crippen molar-refractivity contribution in [3.8, 4) is 0 Å². The third kappa shape index (κ3) is 9.02. The molecule has 0 aliphatic heterocycles. The third-order valence-electron chi connectivity index (χ3n) is 0. The Morgan fingerprint density at radius 1 is 1.00 bits per heavy atom. The molecule has 0 spiro atoms. The maximum atomic E-state index is 0. The van der Waals surface area contributed by atoms with Crippen LogP contribution in [0, 0.1) is 36.9 Å². The van der Waals surface area contributed by atoms with Gasteiger partial charge in [0.1, 0.15) is 0 Å². The van der Waals surface area contributed by atoms with Crippen molar-refractivity contribution in [1.29, 1.82) is 0 Å². The van der Waals surface area contributed by atoms with E-state index in [4.69, 9.17) is 0 Å². The largest absolute Gasteiger partial charge is 0 e. The summed E-state index contributed by atoms with van der Waals surface area (Å²) in [5, 5.41) is 0. The fourth-order valence-electron chi connectivity index (χ4n) is 0. The fraction of sp³-hybridized carbons (Fsp3) is 0. The van der Waals surface area contributed by atoms with Crippen LogP contribution in [0.1, 0.15) is 0 Å². The zero-order valence-electron chi connectivity index (χ0n) is 1.52. The Morgan fingerprint density at radius 2 is 1.00 bits per heavy atom. The van der Waals surface area contributed by atoms with Crippen molar-refractivity contribution in [3.63, 3.8) is 0 Å². The molecule has 8 radical (unpaired) electrons. The topological polar surface area (TPSA) is 0 Å². The second-order valence-electron chi connectivity index (χ2n) is 0. The average Bonchev–Trinajstić information content (AvgIpc) is 0. The molecule has 0 aliphatic rings. The van der Waals surface area contributed by atoms with Gasteiger partial charge in [0.2, 0.25) is 0 Å². The SMILES string of the molecule is [Lu].[Ni].[Sb].[Sn]. The Labute approximate surface area is 99.4 Å². The zero-order valence-corrected chi connectivity index (χ0v) is 9.57. The van der Waals surface area contributed by atoms with Gasteiger partial charge < -0.3 is 0 Å². The van der Waals surface area contributed by atoms with Gasteiger partial charge in [0, 0.05) is 102 Å². The minimum absolute atomic E-state index is 0. The van der Waals surface area contributed by atoms with E-state index in [0.717, 1.165) is 0 Å². The van der Waals surface area contributed by atoms with E-state index in [1.54, 1.807) is 0 Å². The smallest absolute Gasteiger partial charge is 0 e. The quantitative estimate of drug-likeness (QED) is 0.406. The van der Waals surface area contributed by atoms with E-state index in [1.807, 2.05) is 0 Å². The van der Waals surface area contributed by atoms with Crippen LogP contribution in [0.15, 0.2) is 0 Å². The van der Waals surface area contributed by atoms with Gasteiger partial charge in [-0.1, -0.05) is 0 Å². The molecule has 0 nitrogen and oxygen atoms in total. The summed E-state index contributed by atoms with van der Waals surface area (Å²) in [5.41, 5.74) is 0. The first-order chi connectivity index (χ1) is 0. The molecule has 0 N–H and O–H groups in total. The van der Waals surface area contributed by atoms with E-state index in [9.17, 15) is 0 Å². The molecule has 0 aromatic rings. The molecule has 0 atom stereocenters. The predicted octanol–water partition coefficient (Wildman–Crippen LogP) is -0.764. The van der Waals surface area contributed by atoms with Crippen molar-refractivity contribution in [1.82, 2.24) is 0 Å². The second kappa shape index (κ2) is 16.2. The van der Waals surface area contributed by atoms with E-state index in [1.165, 1.54) is 0 Å². The van der Waals surface area contributed by atoms with Crippen LogP contribution in [0.4, 0.5) is 0 Å². The summed E-state index contributed by atoms with van der Waals surface area (Å²) in [6, 6.07) is 0. The Hall–Kier alpha value is 3.34. The monoisotopic (exact) mass is 474 g/mol. The Morgan fingerprint density at radius 3 is 1.00 bits per heavy atom. The van der Waals surface area contributed by atoms with E-state index in [0.29, 0.717) is 0 Å². The summed E-state index contributed by atoms with van der Waals surface area (Å²) < 4.78 is 0. The molecule has 0 aliphatic carbocycles. The first kappa shape index (κ1) is 26.4. The first-order valence-electron chi connectivity index (χ1n) is 0. The van der Waals surface area contributed by atoms with Crippen molar-refractivity contribution in [3.05, 3.63) is 0 Å². The van der Waals surface area contributed by atoms with E-state index < -0.39 is 0 Å². The number of hydrogen-bond acceptors (Lipinski definition) is 0. The molecule has 0 amide bonds. The Bertz CT molecular complexity index is 8.00. The van der Waals surface area contributed by atoms with Gasteiger partial charge in [-0.2, -0.15) is 0 Å². The van der Waals surface area contributed by atoms with Gasteiger partial charge >= 0.3 is 0 Å². The van der Waals surface area contributed by atoms with Crippen molar-refractivity contribution >= 4 is 48.3 Å². The minimum atomic E-state index is 0. The molecule has 0 aromatic carbocycles. The molecule has 0 saturated carbocycles. The van der Waals surface area contributed by atoms with Crippen LogP contribution in [-0.2, 0) is 16.5 Å². The van der Waals surface area contributed by atoms with Gasteiger partial charge in [-0.3, -0.25) is 0 Å². The van der Waals surface area contributed by atoms with Gasteiger partial charge in [0.05, 0.1) is 0 Å². The molecule has 4 heavy (non-hydrogen) atoms. The fourth-order valence-corrected chi connectivity index (χ4v) is 0. The molecule has 0 saturated heterocycles. The summed E-state index contributed by atoms with van der Waals surface area (Å²) in [6.07, 6.45) is 0. The third-order valence-corrected chi connectivity index (χ3v) is 0. The van der Waals surface area contributed by atoms with Crippen molar-refractivity contribution in [2.45, 2.75) is 0 Å². The minimum Gasteiger partial charge on any atom is 0 e. The summed E-state index contributed by atoms with van der Waals surface area (Å²) in [7, 11) is 0. The molecule has 0 rings (SSSR count). The van der Waals surface area contributed by atoms with Crippen LogP contribution in [0.3, 0.4) is 0 Å². The molecular formula is LuNiSbSn. The van der Waals surface area contributed by atoms with Crippen LogP contribution in [0.5, 0.6) is 0 Å². The molecule has 0 heterocycles. The summed E-state index contributed by atoms with van der Waals surface area (Å²) in [4.78, 5) is 0. The van der Waals surface area contributed by atoms with Gasteiger partial charge in [-0.15, -0.1) is 0 Å². The molecule has 0 aromatic heterocycles. The standard InChI is InChI=1S/Lu.Ni.Sb.Sn. The zero-order chi connectivity index (χ0) is 0. The predicted molar refractivity (Wildman–Crippen MR) is 11.5 cm³/mol. The van der Waals surface area contributed by atoms with Crippen molar-refractivity contribution in [2.75, 3.05) is 0 Å². The summed E-state index contributed by atoms with van der Waals surface area (Å²) >= 11 is 0. The Balaban J connectivity index is 0. The van der Waals surface area contributed by atoms with Crippen LogP contribution in [0.2, 0.25) is 0 Å². The van der Waals surface area contributed by atoms with E-state index in [2.05, 4.69) is 0 Å². The molecule has 0 bridgehead atoms. The molecular weight excluding hydrogens is 474 g/mol. The molecule has 4 heteroatoms. The second-order valence-corrected chi connectivity index (χ2v) is 0. The van der Waals surface area contributed by atoms with E-state index in [-0.39, 0.29) is 102 Å². The van der Waals surface area contributed by atoms with Crippen molar-refractivity contribution in [2.24, 2.45) is 0 Å². The summed E-state index contributed by atoms with van der Waals surface area (Å²) in [5.74, 6) is 0. The Kier molecular flexibility index (Phi) is 107. The van der Waals surface area contributed by atoms with Crippen molar-refractivity contribution < 1.29 is 53.4 Å². The van der Waals surface area contributed by atoms with Crippen LogP contribution >= 0.6 is 0 Å². The van der Waals surface area contributed by atoms with Gasteiger partial charge in [-0.05, 0) is 0 Å². The van der Waals surface area contributed by atoms with Gasteiger partial charge in [-0.25, -0.2) is 0 Å². The maximum Gasteiger partial charge on any atom is 0 e. The molecule has 34 valence electrons. The van der Waals surface area contributed by atoms with Crippen LogP contribution < -0.4 is 0 Å². The number of rotatable bonds is 0. The normalized spacial score (nSPS) is 0. The van der Waals surface area contributed by atoms with Crippen LogP contribution in [0.25, 0.3) is 0 Å². The number of hydrogen-bond donors (Lipinski definition) is 0. The van der Waals surface area contributed by atoms with E-state index >= 15 is 0 Å². The molecule has 0 unspecified atom stereocenters. The summed E-state index contributed by atoms with van der Waals surface area (Å²) in [6.45, 7) is 0. The molecule has 0 fully saturated rings. The average molecular weight is 474 g/mol. The maximum absolute atomic E-state index is 0. The van der Waals surface area contributed by atoms with Crippen LogP contribution in [-0.4, -0.2) is 48.3 Å². The first-order valence-corrected chi connectivity index (χ1v) is 0. The van der Waals surface area contributed by atoms with Gasteiger partial charge in [0.25, 0.3) is 0 Å². The van der Waals surface area contributed by atoms with Gasteiger partial charge in [0.15, 0.2) is 0 Å².